The lowest BCUT2D eigenvalue weighted by molar-refractivity contribution is -0.142. The van der Waals surface area contributed by atoms with Crippen LogP contribution in [0.15, 0.2) is 71.6 Å². The van der Waals surface area contributed by atoms with Crippen molar-refractivity contribution < 1.29 is 27.9 Å². The van der Waals surface area contributed by atoms with Gasteiger partial charge in [0.2, 0.25) is 21.8 Å². The average Bonchev–Trinajstić information content (AvgIpc) is 2.97. The van der Waals surface area contributed by atoms with Crippen LogP contribution in [0.4, 0.5) is 5.69 Å². The number of aliphatic carboxylic acids is 1. The number of anilines is 1. The van der Waals surface area contributed by atoms with E-state index in [1.54, 1.807) is 42.5 Å². The van der Waals surface area contributed by atoms with Crippen molar-refractivity contribution >= 4 is 56.0 Å². The van der Waals surface area contributed by atoms with Gasteiger partial charge in [0, 0.05) is 37.0 Å². The number of carboxylic acids is 1. The topological polar surface area (TPSA) is 145 Å². The summed E-state index contributed by atoms with van der Waals surface area (Å²) in [4.78, 5) is 40.9. The lowest BCUT2D eigenvalue weighted by Gasteiger charge is -2.25. The number of rotatable bonds is 16. The molecule has 0 radical (unpaired) electrons. The first-order valence-corrected chi connectivity index (χ1v) is 17.3. The Balaban J connectivity index is 1.86. The Labute approximate surface area is 264 Å². The quantitative estimate of drug-likeness (QED) is 0.185. The number of carboxylic acid groups (broad SMARTS) is 1. The number of sulfonamides is 1. The summed E-state index contributed by atoms with van der Waals surface area (Å²) >= 11 is 1.46. The van der Waals surface area contributed by atoms with E-state index in [9.17, 15) is 27.9 Å². The van der Waals surface area contributed by atoms with Crippen molar-refractivity contribution in [1.82, 2.24) is 15.4 Å². The van der Waals surface area contributed by atoms with Crippen molar-refractivity contribution in [2.75, 3.05) is 31.0 Å². The highest BCUT2D eigenvalue weighted by molar-refractivity contribution is 7.98. The Morgan fingerprint density at radius 1 is 0.841 bits per heavy atom. The van der Waals surface area contributed by atoms with Crippen LogP contribution >= 0.6 is 11.8 Å². The molecule has 0 saturated heterocycles. The Bertz CT molecular complexity index is 1550. The maximum atomic E-state index is 13.7. The number of nitrogens with one attached hydrogen (secondary N) is 3. The molecule has 3 aromatic rings. The van der Waals surface area contributed by atoms with Crippen LogP contribution < -0.4 is 20.3 Å². The molecule has 3 aromatic carbocycles. The molecule has 0 aromatic heterocycles. The number of carbonyl (C=O) groups is 3. The van der Waals surface area contributed by atoms with E-state index in [1.807, 2.05) is 57.3 Å². The van der Waals surface area contributed by atoms with Crippen molar-refractivity contribution in [2.45, 2.75) is 56.1 Å². The highest BCUT2D eigenvalue weighted by Crippen LogP contribution is 2.30. The normalized spacial score (nSPS) is 13.7. The molecule has 4 N–H and O–H groups in total. The molecule has 0 saturated carbocycles. The number of carbonyl (C=O) groups excluding carboxylic acids is 2. The van der Waals surface area contributed by atoms with Crippen molar-refractivity contribution in [3.63, 3.8) is 0 Å². The van der Waals surface area contributed by atoms with E-state index < -0.39 is 45.9 Å². The minimum absolute atomic E-state index is 0.0219. The van der Waals surface area contributed by atoms with E-state index in [0.29, 0.717) is 11.1 Å². The van der Waals surface area contributed by atoms with Gasteiger partial charge in [-0.15, -0.1) is 0 Å². The van der Waals surface area contributed by atoms with E-state index in [2.05, 4.69) is 15.4 Å². The number of thioether (sulfide) groups is 1. The summed E-state index contributed by atoms with van der Waals surface area (Å²) in [6.45, 7) is 3.75. The highest BCUT2D eigenvalue weighted by Gasteiger charge is 2.32. The molecule has 0 heterocycles. The average molecular weight is 643 g/mol. The van der Waals surface area contributed by atoms with Crippen molar-refractivity contribution in [2.24, 2.45) is 5.92 Å². The van der Waals surface area contributed by atoms with Gasteiger partial charge >= 0.3 is 5.97 Å². The first-order valence-electron chi connectivity index (χ1n) is 14.4. The van der Waals surface area contributed by atoms with Crippen molar-refractivity contribution in [3.8, 4) is 0 Å². The third kappa shape index (κ3) is 9.44. The van der Waals surface area contributed by atoms with Crippen molar-refractivity contribution in [1.29, 1.82) is 0 Å². The summed E-state index contributed by atoms with van der Waals surface area (Å²) < 4.78 is 30.1. The molecule has 0 aliphatic rings. The molecule has 3 rings (SSSR count). The van der Waals surface area contributed by atoms with E-state index in [1.165, 1.54) is 17.8 Å². The third-order valence-corrected chi connectivity index (χ3v) is 9.27. The summed E-state index contributed by atoms with van der Waals surface area (Å²) in [5.41, 5.74) is 1.59. The van der Waals surface area contributed by atoms with E-state index in [-0.39, 0.29) is 30.1 Å². The van der Waals surface area contributed by atoms with Gasteiger partial charge in [-0.25, -0.2) is 13.2 Å². The van der Waals surface area contributed by atoms with Gasteiger partial charge in [-0.1, -0.05) is 68.4 Å². The number of benzene rings is 3. The zero-order chi connectivity index (χ0) is 32.4. The standard InChI is InChI=1S/C32H42N4O6S2/c1-21(2)19-26(31(38)34-27(32(39)40)20-22-11-7-6-8-12-22)33-30(37)25(17-18-43-5)35-44(41,42)29-16-10-13-23-24(29)14-9-15-28(23)36(3)4/h6-16,21,25-27,35H,17-20H2,1-5H3,(H,33,37)(H,34,38)(H,39,40)/t25-,26-,27-/m0/s1. The molecule has 12 heteroatoms. The predicted molar refractivity (Wildman–Crippen MR) is 176 cm³/mol. The zero-order valence-corrected chi connectivity index (χ0v) is 27.4. The van der Waals surface area contributed by atoms with Crippen LogP contribution in [0.1, 0.15) is 32.3 Å². The summed E-state index contributed by atoms with van der Waals surface area (Å²) in [6, 6.07) is 15.9. The van der Waals surface area contributed by atoms with Gasteiger partial charge in [-0.3, -0.25) is 9.59 Å². The smallest absolute Gasteiger partial charge is 0.326 e. The van der Waals surface area contributed by atoms with E-state index in [0.717, 1.165) is 16.6 Å². The molecule has 0 aliphatic carbocycles. The molecule has 238 valence electrons. The minimum atomic E-state index is -4.16. The predicted octanol–water partition coefficient (Wildman–Crippen LogP) is 3.65. The highest BCUT2D eigenvalue weighted by atomic mass is 32.2. The van der Waals surface area contributed by atoms with Crippen LogP contribution in [0, 0.1) is 5.92 Å². The van der Waals surface area contributed by atoms with Crippen LogP contribution in [0.3, 0.4) is 0 Å². The van der Waals surface area contributed by atoms with Crippen molar-refractivity contribution in [3.05, 3.63) is 72.3 Å². The van der Waals surface area contributed by atoms with Crippen LogP contribution in [-0.4, -0.2) is 75.5 Å². The van der Waals surface area contributed by atoms with Gasteiger partial charge in [-0.05, 0) is 48.5 Å². The molecule has 0 bridgehead atoms. The van der Waals surface area contributed by atoms with Gasteiger partial charge in [0.15, 0.2) is 0 Å². The maximum Gasteiger partial charge on any atom is 0.326 e. The van der Waals surface area contributed by atoms with E-state index >= 15 is 0 Å². The Morgan fingerprint density at radius 2 is 1.45 bits per heavy atom. The monoisotopic (exact) mass is 642 g/mol. The molecule has 0 aliphatic heterocycles. The SMILES string of the molecule is CSCC[C@H](NS(=O)(=O)c1cccc2c(N(C)C)cccc12)C(=O)N[C@@H](CC(C)C)C(=O)N[C@@H](Cc1ccccc1)C(=O)O. The molecular weight excluding hydrogens is 601 g/mol. The number of amides is 2. The largest absolute Gasteiger partial charge is 0.480 e. The van der Waals surface area contributed by atoms with Gasteiger partial charge in [0.05, 0.1) is 4.90 Å². The summed E-state index contributed by atoms with van der Waals surface area (Å²) in [6.07, 6.45) is 2.33. The molecule has 0 fully saturated rings. The molecule has 0 spiro atoms. The fourth-order valence-electron chi connectivity index (χ4n) is 4.92. The van der Waals surface area contributed by atoms with E-state index in [4.69, 9.17) is 0 Å². The number of hydrogen-bond acceptors (Lipinski definition) is 7. The van der Waals surface area contributed by atoms with Crippen LogP contribution in [0.2, 0.25) is 0 Å². The number of hydrogen-bond donors (Lipinski definition) is 4. The van der Waals surface area contributed by atoms with Crippen LogP contribution in [0.25, 0.3) is 10.8 Å². The lowest BCUT2D eigenvalue weighted by Crippen LogP contribution is -2.56. The minimum Gasteiger partial charge on any atom is -0.480 e. The lowest BCUT2D eigenvalue weighted by atomic mass is 10.0. The second-order valence-electron chi connectivity index (χ2n) is 11.3. The first kappa shape index (κ1) is 34.9. The third-order valence-electron chi connectivity index (χ3n) is 7.09. The second kappa shape index (κ2) is 15.9. The van der Waals surface area contributed by atoms with Crippen LogP contribution in [0.5, 0.6) is 0 Å². The fourth-order valence-corrected chi connectivity index (χ4v) is 6.84. The molecule has 0 unspecified atom stereocenters. The molecule has 2 amide bonds. The fraction of sp³-hybridized carbons (Fsp3) is 0.406. The molecule has 44 heavy (non-hydrogen) atoms. The number of fused-ring (bicyclic) bond motifs is 1. The second-order valence-corrected chi connectivity index (χ2v) is 13.9. The van der Waals surface area contributed by atoms with Gasteiger partial charge in [0.1, 0.15) is 18.1 Å². The summed E-state index contributed by atoms with van der Waals surface area (Å²) in [5, 5.41) is 16.3. The van der Waals surface area contributed by atoms with Crippen LogP contribution in [-0.2, 0) is 30.8 Å². The molecular formula is C32H42N4O6S2. The Kier molecular flexibility index (Phi) is 12.6. The van der Waals surface area contributed by atoms with Gasteiger partial charge in [0.25, 0.3) is 0 Å². The Morgan fingerprint density at radius 3 is 2.07 bits per heavy atom. The zero-order valence-electron chi connectivity index (χ0n) is 25.7. The van der Waals surface area contributed by atoms with Gasteiger partial charge in [-0.2, -0.15) is 16.5 Å². The summed E-state index contributed by atoms with van der Waals surface area (Å²) in [5.74, 6) is -2.04. The Hall–Kier alpha value is -3.61. The van der Waals surface area contributed by atoms with Gasteiger partial charge < -0.3 is 20.6 Å². The number of nitrogens with zero attached hydrogens (tertiary/aromatic N) is 1. The molecule has 10 nitrogen and oxygen atoms in total. The summed E-state index contributed by atoms with van der Waals surface area (Å²) in [7, 11) is -0.413. The first-order chi connectivity index (χ1) is 20.8. The maximum absolute atomic E-state index is 13.7. The molecule has 3 atom stereocenters.